The van der Waals surface area contributed by atoms with E-state index < -0.39 is 0 Å². The van der Waals surface area contributed by atoms with Gasteiger partial charge in [-0.1, -0.05) is 29.1 Å². The maximum Gasteiger partial charge on any atom is 0.313 e. The van der Waals surface area contributed by atoms with Gasteiger partial charge in [-0.2, -0.15) is 4.68 Å². The van der Waals surface area contributed by atoms with Crippen LogP contribution in [-0.4, -0.2) is 42.3 Å². The van der Waals surface area contributed by atoms with E-state index in [2.05, 4.69) is 20.5 Å². The summed E-state index contributed by atoms with van der Waals surface area (Å²) in [5.74, 6) is 0.381. The predicted octanol–water partition coefficient (Wildman–Crippen LogP) is 0.775. The summed E-state index contributed by atoms with van der Waals surface area (Å²) >= 11 is 1.28. The molecule has 0 saturated carbocycles. The van der Waals surface area contributed by atoms with Gasteiger partial charge in [0.1, 0.15) is 17.8 Å². The Kier molecular flexibility index (Phi) is 5.08. The van der Waals surface area contributed by atoms with Crippen molar-refractivity contribution < 1.29 is 9.53 Å². The van der Waals surface area contributed by atoms with Crippen molar-refractivity contribution in [2.75, 3.05) is 6.61 Å². The lowest BCUT2D eigenvalue weighted by Crippen LogP contribution is -2.23. The minimum atomic E-state index is -0.355. The molecule has 0 radical (unpaired) electrons. The number of esters is 1. The second-order valence-electron chi connectivity index (χ2n) is 5.12. The van der Waals surface area contributed by atoms with E-state index in [1.807, 2.05) is 0 Å². The van der Waals surface area contributed by atoms with Crippen LogP contribution in [0.3, 0.4) is 0 Å². The number of hydrogen-bond acceptors (Lipinski definition) is 8. The molecule has 0 bridgehead atoms. The summed E-state index contributed by atoms with van der Waals surface area (Å²) in [6.45, 7) is 2.07. The number of hydrogen-bond donors (Lipinski definition) is 0. The highest BCUT2D eigenvalue weighted by Gasteiger charge is 2.14. The highest BCUT2D eigenvalue weighted by atomic mass is 32.2. The smallest absolute Gasteiger partial charge is 0.313 e. The summed E-state index contributed by atoms with van der Waals surface area (Å²) in [4.78, 5) is 23.9. The van der Waals surface area contributed by atoms with Gasteiger partial charge in [-0.3, -0.25) is 9.59 Å². The van der Waals surface area contributed by atoms with Gasteiger partial charge in [-0.25, -0.2) is 0 Å². The van der Waals surface area contributed by atoms with Crippen LogP contribution in [0, 0.1) is 0 Å². The predicted molar refractivity (Wildman–Crippen MR) is 91.0 cm³/mol. The zero-order valence-electron chi connectivity index (χ0n) is 13.7. The molecule has 9 nitrogen and oxygen atoms in total. The van der Waals surface area contributed by atoms with Crippen LogP contribution in [0.1, 0.15) is 12.7 Å². The van der Waals surface area contributed by atoms with Gasteiger partial charge in [0, 0.05) is 7.05 Å². The van der Waals surface area contributed by atoms with Crippen LogP contribution in [0.5, 0.6) is 0 Å². The van der Waals surface area contributed by atoms with Crippen molar-refractivity contribution in [3.05, 3.63) is 40.4 Å². The van der Waals surface area contributed by atoms with Crippen molar-refractivity contribution in [3.8, 4) is 0 Å². The Morgan fingerprint density at radius 3 is 2.84 bits per heavy atom. The van der Waals surface area contributed by atoms with Gasteiger partial charge in [-0.15, -0.1) is 15.3 Å². The molecule has 0 atom stereocenters. The van der Waals surface area contributed by atoms with Crippen molar-refractivity contribution in [2.45, 2.75) is 24.4 Å². The van der Waals surface area contributed by atoms with E-state index in [1.165, 1.54) is 16.4 Å². The van der Waals surface area contributed by atoms with Gasteiger partial charge in [0.2, 0.25) is 0 Å². The highest BCUT2D eigenvalue weighted by molar-refractivity contribution is 7.98. The van der Waals surface area contributed by atoms with Crippen molar-refractivity contribution >= 4 is 28.6 Å². The van der Waals surface area contributed by atoms with Crippen molar-refractivity contribution in [2.24, 2.45) is 7.05 Å². The topological polar surface area (TPSA) is 105 Å². The normalized spacial score (nSPS) is 11.0. The second-order valence-corrected chi connectivity index (χ2v) is 6.04. The minimum absolute atomic E-state index is 0.0492. The molecule has 0 unspecified atom stereocenters. The van der Waals surface area contributed by atoms with E-state index in [0.717, 1.165) is 0 Å². The number of aromatic nitrogens is 6. The molecule has 3 rings (SSSR count). The number of nitrogens with zero attached hydrogens (tertiary/aromatic N) is 6. The summed E-state index contributed by atoms with van der Waals surface area (Å²) in [5.41, 5.74) is 0.344. The first-order valence-corrected chi connectivity index (χ1v) is 8.58. The van der Waals surface area contributed by atoms with Gasteiger partial charge >= 0.3 is 5.97 Å². The molecule has 0 fully saturated rings. The summed E-state index contributed by atoms with van der Waals surface area (Å²) in [7, 11) is 1.76. The van der Waals surface area contributed by atoms with Crippen LogP contribution < -0.4 is 5.56 Å². The Labute approximate surface area is 147 Å². The van der Waals surface area contributed by atoms with E-state index in [4.69, 9.17) is 4.74 Å². The quantitative estimate of drug-likeness (QED) is 0.469. The lowest BCUT2D eigenvalue weighted by Gasteiger charge is -2.05. The zero-order chi connectivity index (χ0) is 17.8. The van der Waals surface area contributed by atoms with Crippen molar-refractivity contribution in [1.82, 2.24) is 29.8 Å². The van der Waals surface area contributed by atoms with Crippen LogP contribution in [0.4, 0.5) is 0 Å². The lowest BCUT2D eigenvalue weighted by molar-refractivity contribution is -0.142. The van der Waals surface area contributed by atoms with E-state index in [1.54, 1.807) is 42.8 Å². The molecule has 130 valence electrons. The van der Waals surface area contributed by atoms with Crippen molar-refractivity contribution in [1.29, 1.82) is 0 Å². The fourth-order valence-corrected chi connectivity index (χ4v) is 3.00. The molecule has 0 N–H and O–H groups in total. The number of carbonyl (C=O) groups excluding carboxylic acids is 1. The van der Waals surface area contributed by atoms with Crippen LogP contribution in [0.25, 0.3) is 10.9 Å². The standard InChI is InChI=1S/C15H16N6O3S/c1-3-24-13(22)8-12-17-18-15(20(12)2)25-9-21-14(23)10-6-4-5-7-11(10)16-19-21/h4-7H,3,8-9H2,1-2H3. The van der Waals surface area contributed by atoms with Gasteiger partial charge in [0.15, 0.2) is 5.16 Å². The SMILES string of the molecule is CCOC(=O)Cc1nnc(SCn2nnc3ccccc3c2=O)n1C. The monoisotopic (exact) mass is 360 g/mol. The van der Waals surface area contributed by atoms with Crippen molar-refractivity contribution in [3.63, 3.8) is 0 Å². The number of fused-ring (bicyclic) bond motifs is 1. The summed E-state index contributed by atoms with van der Waals surface area (Å²) in [6.07, 6.45) is 0.0492. The third kappa shape index (κ3) is 3.68. The lowest BCUT2D eigenvalue weighted by atomic mass is 10.2. The maximum absolute atomic E-state index is 12.4. The Morgan fingerprint density at radius 1 is 1.24 bits per heavy atom. The molecule has 0 saturated heterocycles. The minimum Gasteiger partial charge on any atom is -0.466 e. The third-order valence-electron chi connectivity index (χ3n) is 3.48. The third-order valence-corrected chi connectivity index (χ3v) is 4.47. The van der Waals surface area contributed by atoms with E-state index >= 15 is 0 Å². The molecule has 0 amide bonds. The Bertz CT molecular complexity index is 967. The van der Waals surface area contributed by atoms with E-state index in [9.17, 15) is 9.59 Å². The van der Waals surface area contributed by atoms with E-state index in [-0.39, 0.29) is 23.8 Å². The summed E-state index contributed by atoms with van der Waals surface area (Å²) in [6, 6.07) is 7.05. The van der Waals surface area contributed by atoms with Crippen LogP contribution >= 0.6 is 11.8 Å². The first-order valence-electron chi connectivity index (χ1n) is 7.59. The summed E-state index contributed by atoms with van der Waals surface area (Å²) in [5, 5.41) is 17.1. The Morgan fingerprint density at radius 2 is 2.04 bits per heavy atom. The number of rotatable bonds is 6. The molecule has 0 spiro atoms. The Balaban J connectivity index is 1.74. The molecule has 0 aliphatic heterocycles. The maximum atomic E-state index is 12.4. The average molecular weight is 360 g/mol. The molecule has 1 aromatic carbocycles. The van der Waals surface area contributed by atoms with Gasteiger partial charge in [0.25, 0.3) is 5.56 Å². The number of carbonyl (C=O) groups is 1. The Hall–Kier alpha value is -2.75. The van der Waals surface area contributed by atoms with Gasteiger partial charge in [-0.05, 0) is 19.1 Å². The number of ether oxygens (including phenoxy) is 1. The average Bonchev–Trinajstić information content (AvgIpc) is 2.95. The molecule has 25 heavy (non-hydrogen) atoms. The number of benzene rings is 1. The summed E-state index contributed by atoms with van der Waals surface area (Å²) < 4.78 is 7.87. The van der Waals surface area contributed by atoms with Crippen LogP contribution in [-0.2, 0) is 28.9 Å². The molecular weight excluding hydrogens is 344 g/mol. The number of thioether (sulfide) groups is 1. The van der Waals surface area contributed by atoms with Gasteiger partial charge in [0.05, 0.1) is 17.9 Å². The van der Waals surface area contributed by atoms with Crippen LogP contribution in [0.15, 0.2) is 34.2 Å². The molecule has 0 aliphatic rings. The molecule has 2 aromatic heterocycles. The highest BCUT2D eigenvalue weighted by Crippen LogP contribution is 2.17. The molecule has 10 heteroatoms. The molecule has 2 heterocycles. The fraction of sp³-hybridized carbons (Fsp3) is 0.333. The first-order chi connectivity index (χ1) is 12.1. The molecular formula is C15H16N6O3S. The molecule has 3 aromatic rings. The first kappa shape index (κ1) is 17.1. The fourth-order valence-electron chi connectivity index (χ4n) is 2.19. The largest absolute Gasteiger partial charge is 0.466 e. The van der Waals surface area contributed by atoms with Gasteiger partial charge < -0.3 is 9.30 Å². The second kappa shape index (κ2) is 7.43. The molecule has 0 aliphatic carbocycles. The van der Waals surface area contributed by atoms with E-state index in [0.29, 0.717) is 28.5 Å². The van der Waals surface area contributed by atoms with Crippen LogP contribution in [0.2, 0.25) is 0 Å². The zero-order valence-corrected chi connectivity index (χ0v) is 14.6.